The third kappa shape index (κ3) is 3.11. The number of hydrogen-bond donors (Lipinski definition) is 1. The smallest absolute Gasteiger partial charge is 0.414 e. The van der Waals surface area contributed by atoms with Crippen LogP contribution in [-0.2, 0) is 11.3 Å². The Morgan fingerprint density at radius 2 is 2.05 bits per heavy atom. The number of rotatable bonds is 4. The van der Waals surface area contributed by atoms with Crippen LogP contribution in [0.1, 0.15) is 5.56 Å². The molecule has 1 aliphatic rings. The summed E-state index contributed by atoms with van der Waals surface area (Å²) in [6, 6.07) is 15.3. The van der Waals surface area contributed by atoms with E-state index in [1.807, 2.05) is 48.5 Å². The lowest BCUT2D eigenvalue weighted by molar-refractivity contribution is 0.142. The summed E-state index contributed by atoms with van der Waals surface area (Å²) in [7, 11) is 0. The monoisotopic (exact) mass is 302 g/mol. The molecule has 5 heteroatoms. The van der Waals surface area contributed by atoms with Crippen molar-refractivity contribution in [2.24, 2.45) is 0 Å². The van der Waals surface area contributed by atoms with Crippen molar-refractivity contribution in [3.8, 4) is 0 Å². The van der Waals surface area contributed by atoms with Gasteiger partial charge in [-0.3, -0.25) is 4.90 Å². The van der Waals surface area contributed by atoms with Crippen LogP contribution in [0.4, 0.5) is 16.2 Å². The normalized spacial score (nSPS) is 13.6. The summed E-state index contributed by atoms with van der Waals surface area (Å²) in [4.78, 5) is 13.6. The average molecular weight is 303 g/mol. The molecule has 0 aromatic heterocycles. The molecule has 21 heavy (non-hydrogen) atoms. The van der Waals surface area contributed by atoms with Crippen LogP contribution in [0.15, 0.2) is 48.5 Å². The van der Waals surface area contributed by atoms with Crippen LogP contribution in [0.2, 0.25) is 5.02 Å². The number of anilines is 2. The zero-order chi connectivity index (χ0) is 14.7. The van der Waals surface area contributed by atoms with E-state index in [1.54, 1.807) is 4.90 Å². The number of fused-ring (bicyclic) bond motifs is 1. The molecule has 0 fully saturated rings. The number of hydrogen-bond acceptors (Lipinski definition) is 3. The van der Waals surface area contributed by atoms with Crippen molar-refractivity contribution in [3.63, 3.8) is 0 Å². The largest absolute Gasteiger partial charge is 0.444 e. The molecule has 1 heterocycles. The number of carbonyl (C=O) groups excluding carboxylic acids is 1. The maximum Gasteiger partial charge on any atom is 0.414 e. The summed E-state index contributed by atoms with van der Waals surface area (Å²) in [6.07, 6.45) is -0.304. The van der Waals surface area contributed by atoms with E-state index in [2.05, 4.69) is 5.32 Å². The first-order valence-electron chi connectivity index (χ1n) is 6.76. The lowest BCUT2D eigenvalue weighted by Gasteiger charge is -2.29. The van der Waals surface area contributed by atoms with Crippen molar-refractivity contribution in [2.75, 3.05) is 23.3 Å². The fraction of sp³-hybridized carbons (Fsp3) is 0.188. The zero-order valence-corrected chi connectivity index (χ0v) is 12.1. The highest BCUT2D eigenvalue weighted by atomic mass is 35.5. The molecule has 0 bridgehead atoms. The van der Waals surface area contributed by atoms with Gasteiger partial charge in [0.1, 0.15) is 6.61 Å². The summed E-state index contributed by atoms with van der Waals surface area (Å²) in [6.45, 7) is 1.49. The Labute approximate surface area is 128 Å². The van der Waals surface area contributed by atoms with E-state index < -0.39 is 0 Å². The number of halogens is 1. The molecule has 0 unspecified atom stereocenters. The highest BCUT2D eigenvalue weighted by Crippen LogP contribution is 2.26. The van der Waals surface area contributed by atoms with Crippen molar-refractivity contribution in [3.05, 3.63) is 59.1 Å². The van der Waals surface area contributed by atoms with Gasteiger partial charge in [-0.15, -0.1) is 0 Å². The van der Waals surface area contributed by atoms with Crippen molar-refractivity contribution in [1.29, 1.82) is 0 Å². The summed E-state index contributed by atoms with van der Waals surface area (Å²) < 4.78 is 5.18. The molecule has 4 nitrogen and oxygen atoms in total. The van der Waals surface area contributed by atoms with Gasteiger partial charge < -0.3 is 10.1 Å². The number of carbonyl (C=O) groups is 1. The quantitative estimate of drug-likeness (QED) is 0.931. The van der Waals surface area contributed by atoms with E-state index in [1.165, 1.54) is 0 Å². The number of nitrogens with one attached hydrogen (secondary N) is 1. The second-order valence-corrected chi connectivity index (χ2v) is 5.21. The van der Waals surface area contributed by atoms with E-state index >= 15 is 0 Å². The minimum atomic E-state index is -0.304. The van der Waals surface area contributed by atoms with Crippen LogP contribution < -0.4 is 10.2 Å². The van der Waals surface area contributed by atoms with Gasteiger partial charge in [-0.2, -0.15) is 0 Å². The van der Waals surface area contributed by atoms with Crippen LogP contribution in [0.3, 0.4) is 0 Å². The standard InChI is InChI=1S/C16H15ClN2O2/c17-13-5-3-6-14(10-13)18-8-9-19-15-7-2-1-4-12(15)11-21-16(19)20/h1-7,10,18H,8-9,11H2. The van der Waals surface area contributed by atoms with Gasteiger partial charge in [0.2, 0.25) is 0 Å². The minimum Gasteiger partial charge on any atom is -0.444 e. The summed E-state index contributed by atoms with van der Waals surface area (Å²) in [5, 5.41) is 3.93. The molecular formula is C16H15ClN2O2. The predicted molar refractivity (Wildman–Crippen MR) is 83.9 cm³/mol. The van der Waals surface area contributed by atoms with Crippen LogP contribution >= 0.6 is 11.6 Å². The van der Waals surface area contributed by atoms with Gasteiger partial charge in [0.05, 0.1) is 5.69 Å². The van der Waals surface area contributed by atoms with Crippen molar-refractivity contribution >= 4 is 29.1 Å². The highest BCUT2D eigenvalue weighted by Gasteiger charge is 2.24. The van der Waals surface area contributed by atoms with Gasteiger partial charge in [0.15, 0.2) is 0 Å². The van der Waals surface area contributed by atoms with E-state index in [0.717, 1.165) is 16.9 Å². The Morgan fingerprint density at radius 3 is 2.90 bits per heavy atom. The molecule has 2 aromatic carbocycles. The number of benzene rings is 2. The third-order valence-electron chi connectivity index (χ3n) is 3.34. The molecule has 0 spiro atoms. The molecule has 0 saturated heterocycles. The Balaban J connectivity index is 1.66. The molecule has 0 atom stereocenters. The molecule has 0 saturated carbocycles. The molecule has 1 aliphatic heterocycles. The number of amides is 1. The lowest BCUT2D eigenvalue weighted by atomic mass is 10.1. The lowest BCUT2D eigenvalue weighted by Crippen LogP contribution is -2.38. The van der Waals surface area contributed by atoms with Gasteiger partial charge in [-0.1, -0.05) is 35.9 Å². The number of para-hydroxylation sites is 1. The number of ether oxygens (including phenoxy) is 1. The van der Waals surface area contributed by atoms with Crippen LogP contribution in [-0.4, -0.2) is 19.2 Å². The van der Waals surface area contributed by atoms with Gasteiger partial charge in [0, 0.05) is 29.4 Å². The van der Waals surface area contributed by atoms with E-state index in [9.17, 15) is 4.79 Å². The molecular weight excluding hydrogens is 288 g/mol. The Bertz CT molecular complexity index is 660. The maximum atomic E-state index is 11.9. The van der Waals surface area contributed by atoms with Crippen molar-refractivity contribution in [1.82, 2.24) is 0 Å². The zero-order valence-electron chi connectivity index (χ0n) is 11.4. The van der Waals surface area contributed by atoms with Crippen LogP contribution in [0.25, 0.3) is 0 Å². The topological polar surface area (TPSA) is 41.6 Å². The second-order valence-electron chi connectivity index (χ2n) is 4.77. The molecule has 1 amide bonds. The SMILES string of the molecule is O=C1OCc2ccccc2N1CCNc1cccc(Cl)c1. The van der Waals surface area contributed by atoms with Crippen LogP contribution in [0, 0.1) is 0 Å². The number of cyclic esters (lactones) is 1. The highest BCUT2D eigenvalue weighted by molar-refractivity contribution is 6.30. The first kappa shape index (κ1) is 13.8. The summed E-state index contributed by atoms with van der Waals surface area (Å²) in [5.41, 5.74) is 2.88. The van der Waals surface area contributed by atoms with E-state index in [-0.39, 0.29) is 6.09 Å². The van der Waals surface area contributed by atoms with E-state index in [0.29, 0.717) is 24.7 Å². The summed E-state index contributed by atoms with van der Waals surface area (Å²) >= 11 is 5.94. The van der Waals surface area contributed by atoms with Gasteiger partial charge in [-0.05, 0) is 24.3 Å². The van der Waals surface area contributed by atoms with Crippen LogP contribution in [0.5, 0.6) is 0 Å². The predicted octanol–water partition coefficient (Wildman–Crippen LogP) is 3.91. The average Bonchev–Trinajstić information content (AvgIpc) is 2.50. The maximum absolute atomic E-state index is 11.9. The second kappa shape index (κ2) is 6.06. The van der Waals surface area contributed by atoms with Gasteiger partial charge >= 0.3 is 6.09 Å². The fourth-order valence-corrected chi connectivity index (χ4v) is 2.52. The molecule has 108 valence electrons. The molecule has 3 rings (SSSR count). The molecule has 1 N–H and O–H groups in total. The molecule has 0 aliphatic carbocycles. The first-order valence-corrected chi connectivity index (χ1v) is 7.13. The first-order chi connectivity index (χ1) is 10.2. The Hall–Kier alpha value is -2.20. The Morgan fingerprint density at radius 1 is 1.19 bits per heavy atom. The fourth-order valence-electron chi connectivity index (χ4n) is 2.33. The van der Waals surface area contributed by atoms with Crippen molar-refractivity contribution < 1.29 is 9.53 Å². The van der Waals surface area contributed by atoms with E-state index in [4.69, 9.17) is 16.3 Å². The molecule has 2 aromatic rings. The van der Waals surface area contributed by atoms with Crippen molar-refractivity contribution in [2.45, 2.75) is 6.61 Å². The number of nitrogens with zero attached hydrogens (tertiary/aromatic N) is 1. The van der Waals surface area contributed by atoms with Gasteiger partial charge in [-0.25, -0.2) is 4.79 Å². The van der Waals surface area contributed by atoms with Gasteiger partial charge in [0.25, 0.3) is 0 Å². The Kier molecular flexibility index (Phi) is 3.97. The summed E-state index contributed by atoms with van der Waals surface area (Å²) in [5.74, 6) is 0. The third-order valence-corrected chi connectivity index (χ3v) is 3.58. The molecule has 0 radical (unpaired) electrons. The minimum absolute atomic E-state index is 0.304.